The second-order valence-electron chi connectivity index (χ2n) is 7.27. The highest BCUT2D eigenvalue weighted by atomic mass is 35.5. The van der Waals surface area contributed by atoms with Crippen molar-refractivity contribution < 1.29 is 0 Å². The maximum Gasteiger partial charge on any atom is 0.00901 e. The molecule has 0 radical (unpaired) electrons. The lowest BCUT2D eigenvalue weighted by Gasteiger charge is -2.30. The fourth-order valence-electron chi connectivity index (χ4n) is 2.68. The summed E-state index contributed by atoms with van der Waals surface area (Å²) in [5, 5.41) is 0. The molecular weight excluding hydrogens is 278 g/mol. The summed E-state index contributed by atoms with van der Waals surface area (Å²) in [5.74, 6) is 0. The van der Waals surface area contributed by atoms with Crippen LogP contribution in [0, 0.1) is 5.41 Å². The van der Waals surface area contributed by atoms with Crippen LogP contribution in [0.2, 0.25) is 0 Å². The van der Waals surface area contributed by atoms with Crippen molar-refractivity contribution in [2.24, 2.45) is 11.1 Å². The average molecular weight is 320 g/mol. The fourth-order valence-corrected chi connectivity index (χ4v) is 2.68. The largest absolute Gasteiger partial charge is 0.327 e. The molecule has 21 heavy (non-hydrogen) atoms. The third-order valence-electron chi connectivity index (χ3n) is 5.03. The van der Waals surface area contributed by atoms with Gasteiger partial charge in [-0.15, -0.1) is 12.4 Å². The van der Waals surface area contributed by atoms with E-state index in [0.717, 1.165) is 0 Å². The third kappa shape index (κ3) is 13.6. The van der Waals surface area contributed by atoms with Gasteiger partial charge >= 0.3 is 0 Å². The van der Waals surface area contributed by atoms with Crippen molar-refractivity contribution in [3.05, 3.63) is 0 Å². The minimum absolute atomic E-state index is 0. The van der Waals surface area contributed by atoms with Crippen molar-refractivity contribution in [2.45, 2.75) is 117 Å². The first-order valence-corrected chi connectivity index (χ1v) is 9.30. The van der Waals surface area contributed by atoms with Crippen molar-refractivity contribution in [3.63, 3.8) is 0 Å². The van der Waals surface area contributed by atoms with E-state index >= 15 is 0 Å². The van der Waals surface area contributed by atoms with E-state index in [1.54, 1.807) is 0 Å². The molecule has 0 aliphatic rings. The van der Waals surface area contributed by atoms with E-state index in [2.05, 4.69) is 27.7 Å². The fraction of sp³-hybridized carbons (Fsp3) is 1.00. The van der Waals surface area contributed by atoms with E-state index in [1.165, 1.54) is 83.5 Å². The van der Waals surface area contributed by atoms with Crippen LogP contribution < -0.4 is 5.73 Å². The van der Waals surface area contributed by atoms with E-state index < -0.39 is 0 Å². The molecule has 2 heteroatoms. The molecule has 0 saturated carbocycles. The van der Waals surface area contributed by atoms with Gasteiger partial charge in [0, 0.05) is 6.04 Å². The van der Waals surface area contributed by atoms with Gasteiger partial charge in [-0.2, -0.15) is 0 Å². The molecule has 130 valence electrons. The first-order valence-electron chi connectivity index (χ1n) is 9.30. The number of hydrogen-bond acceptors (Lipinski definition) is 1. The number of unbranched alkanes of at least 4 members (excludes halogenated alkanes) is 10. The summed E-state index contributed by atoms with van der Waals surface area (Å²) in [5.41, 5.74) is 6.60. The van der Waals surface area contributed by atoms with Gasteiger partial charge in [0.1, 0.15) is 0 Å². The Morgan fingerprint density at radius 3 is 1.48 bits per heavy atom. The molecule has 0 aliphatic carbocycles. The van der Waals surface area contributed by atoms with Crippen molar-refractivity contribution >= 4 is 12.4 Å². The van der Waals surface area contributed by atoms with Gasteiger partial charge in [-0.1, -0.05) is 98.3 Å². The molecule has 0 amide bonds. The zero-order valence-corrected chi connectivity index (χ0v) is 16.1. The Labute approximate surface area is 141 Å². The molecule has 0 fully saturated rings. The monoisotopic (exact) mass is 319 g/mol. The molecule has 0 aromatic rings. The second kappa shape index (κ2) is 15.2. The molecule has 0 spiro atoms. The van der Waals surface area contributed by atoms with E-state index in [4.69, 9.17) is 5.73 Å². The molecule has 1 unspecified atom stereocenters. The van der Waals surface area contributed by atoms with Crippen LogP contribution in [0.5, 0.6) is 0 Å². The molecule has 0 heterocycles. The van der Waals surface area contributed by atoms with Crippen molar-refractivity contribution in [3.8, 4) is 0 Å². The van der Waals surface area contributed by atoms with Crippen LogP contribution in [0.1, 0.15) is 111 Å². The van der Waals surface area contributed by atoms with E-state index in [1.807, 2.05) is 0 Å². The minimum atomic E-state index is 0. The highest BCUT2D eigenvalue weighted by Gasteiger charge is 2.23. The Kier molecular flexibility index (Phi) is 17.0. The van der Waals surface area contributed by atoms with Crippen LogP contribution in [-0.2, 0) is 0 Å². The number of halogens is 1. The summed E-state index contributed by atoms with van der Waals surface area (Å²) in [6.07, 6.45) is 18.0. The molecule has 0 saturated heterocycles. The van der Waals surface area contributed by atoms with Crippen molar-refractivity contribution in [1.29, 1.82) is 0 Å². The number of nitrogens with two attached hydrogens (primary N) is 1. The number of rotatable bonds is 14. The van der Waals surface area contributed by atoms with Crippen LogP contribution in [0.4, 0.5) is 0 Å². The lowest BCUT2D eigenvalue weighted by Crippen LogP contribution is -2.36. The summed E-state index contributed by atoms with van der Waals surface area (Å²) in [7, 11) is 0. The maximum atomic E-state index is 6.28. The van der Waals surface area contributed by atoms with Gasteiger partial charge in [0.05, 0.1) is 0 Å². The molecule has 0 aliphatic heterocycles. The van der Waals surface area contributed by atoms with Crippen molar-refractivity contribution in [1.82, 2.24) is 0 Å². The van der Waals surface area contributed by atoms with Gasteiger partial charge < -0.3 is 5.73 Å². The van der Waals surface area contributed by atoms with Crippen LogP contribution in [-0.4, -0.2) is 6.04 Å². The Morgan fingerprint density at radius 1 is 0.714 bits per heavy atom. The zero-order valence-electron chi connectivity index (χ0n) is 15.3. The lowest BCUT2D eigenvalue weighted by molar-refractivity contribution is 0.257. The van der Waals surface area contributed by atoms with Gasteiger partial charge in [-0.25, -0.2) is 0 Å². The second-order valence-corrected chi connectivity index (χ2v) is 7.27. The normalized spacial score (nSPS) is 13.0. The molecule has 0 rings (SSSR count). The first kappa shape index (κ1) is 23.5. The summed E-state index contributed by atoms with van der Waals surface area (Å²) < 4.78 is 0. The minimum Gasteiger partial charge on any atom is -0.327 e. The summed E-state index contributed by atoms with van der Waals surface area (Å²) >= 11 is 0. The van der Waals surface area contributed by atoms with Crippen LogP contribution >= 0.6 is 12.4 Å². The predicted molar refractivity (Wildman–Crippen MR) is 100 cm³/mol. The van der Waals surface area contributed by atoms with Crippen molar-refractivity contribution in [2.75, 3.05) is 0 Å². The van der Waals surface area contributed by atoms with E-state index in [-0.39, 0.29) is 12.4 Å². The highest BCUT2D eigenvalue weighted by molar-refractivity contribution is 5.85. The molecule has 1 atom stereocenters. The molecule has 0 aromatic heterocycles. The van der Waals surface area contributed by atoms with E-state index in [9.17, 15) is 0 Å². The number of hydrogen-bond donors (Lipinski definition) is 1. The maximum absolute atomic E-state index is 6.28. The topological polar surface area (TPSA) is 26.0 Å². The van der Waals surface area contributed by atoms with Gasteiger partial charge in [0.2, 0.25) is 0 Å². The van der Waals surface area contributed by atoms with Crippen LogP contribution in [0.25, 0.3) is 0 Å². The SMILES string of the molecule is CCCCCCCCCCCCCC(N)C(C)(C)CC.Cl. The Hall–Kier alpha value is 0.250. The Bertz CT molecular complexity index is 204. The van der Waals surface area contributed by atoms with Gasteiger partial charge in [0.15, 0.2) is 0 Å². The standard InChI is InChI=1S/C19H41N.ClH/c1-5-7-8-9-10-11-12-13-14-15-16-17-18(20)19(3,4)6-2;/h18H,5-17,20H2,1-4H3;1H. The van der Waals surface area contributed by atoms with Gasteiger partial charge in [-0.3, -0.25) is 0 Å². The third-order valence-corrected chi connectivity index (χ3v) is 5.03. The quantitative estimate of drug-likeness (QED) is 0.347. The molecule has 0 aromatic carbocycles. The Morgan fingerprint density at radius 2 is 1.10 bits per heavy atom. The van der Waals surface area contributed by atoms with Gasteiger partial charge in [-0.05, 0) is 18.3 Å². The average Bonchev–Trinajstić information content (AvgIpc) is 2.44. The smallest absolute Gasteiger partial charge is 0.00901 e. The first-order chi connectivity index (χ1) is 9.54. The molecule has 2 N–H and O–H groups in total. The Balaban J connectivity index is 0. The molecular formula is C19H42ClN. The van der Waals surface area contributed by atoms with Crippen LogP contribution in [0.3, 0.4) is 0 Å². The summed E-state index contributed by atoms with van der Waals surface area (Å²) in [6, 6.07) is 0.381. The molecule has 0 bridgehead atoms. The molecule has 1 nitrogen and oxygen atoms in total. The van der Waals surface area contributed by atoms with Crippen LogP contribution in [0.15, 0.2) is 0 Å². The zero-order chi connectivity index (χ0) is 15.3. The lowest BCUT2D eigenvalue weighted by atomic mass is 9.80. The predicted octanol–water partition coefficient (Wildman–Crippen LogP) is 6.87. The highest BCUT2D eigenvalue weighted by Crippen LogP contribution is 2.26. The van der Waals surface area contributed by atoms with Gasteiger partial charge in [0.25, 0.3) is 0 Å². The van der Waals surface area contributed by atoms with E-state index in [0.29, 0.717) is 11.5 Å². The summed E-state index contributed by atoms with van der Waals surface area (Å²) in [4.78, 5) is 0. The summed E-state index contributed by atoms with van der Waals surface area (Å²) in [6.45, 7) is 9.14.